The van der Waals surface area contributed by atoms with Gasteiger partial charge in [0.25, 0.3) is 0 Å². The smallest absolute Gasteiger partial charge is 0.225 e. The lowest BCUT2D eigenvalue weighted by Crippen LogP contribution is -2.28. The zero-order valence-corrected chi connectivity index (χ0v) is 13.2. The molecule has 2 N–H and O–H groups in total. The molecular weight excluding hydrogens is 296 g/mol. The van der Waals surface area contributed by atoms with Gasteiger partial charge >= 0.3 is 0 Å². The first kappa shape index (κ1) is 14.8. The predicted octanol–water partition coefficient (Wildman–Crippen LogP) is 3.05. The Morgan fingerprint density at radius 1 is 1.36 bits per heavy atom. The molecule has 0 saturated carbocycles. The third-order valence-corrected chi connectivity index (χ3v) is 4.69. The minimum atomic E-state index is -0.0459. The molecule has 3 rings (SSSR count). The van der Waals surface area contributed by atoms with Gasteiger partial charge in [-0.3, -0.25) is 9.59 Å². The maximum atomic E-state index is 12.1. The van der Waals surface area contributed by atoms with Gasteiger partial charge in [-0.25, -0.2) is 0 Å². The molecule has 22 heavy (non-hydrogen) atoms. The van der Waals surface area contributed by atoms with Crippen LogP contribution in [0.15, 0.2) is 35.7 Å². The topological polar surface area (TPSA) is 58.2 Å². The van der Waals surface area contributed by atoms with E-state index in [-0.39, 0.29) is 17.9 Å². The van der Waals surface area contributed by atoms with Crippen LogP contribution in [0.2, 0.25) is 0 Å². The molecule has 1 aromatic heterocycles. The first-order valence-corrected chi connectivity index (χ1v) is 8.24. The summed E-state index contributed by atoms with van der Waals surface area (Å²) in [5.41, 5.74) is 3.09. The molecule has 5 heteroatoms. The Hall–Kier alpha value is -2.14. The maximum absolute atomic E-state index is 12.1. The largest absolute Gasteiger partial charge is 0.349 e. The van der Waals surface area contributed by atoms with Gasteiger partial charge in [-0.1, -0.05) is 18.2 Å². The summed E-state index contributed by atoms with van der Waals surface area (Å²) in [5, 5.41) is 7.88. The molecular formula is C17H18N2O2S. The van der Waals surface area contributed by atoms with Crippen molar-refractivity contribution in [3.8, 4) is 0 Å². The van der Waals surface area contributed by atoms with Crippen LogP contribution >= 0.6 is 11.3 Å². The molecule has 0 aliphatic carbocycles. The number of aryl methyl sites for hydroxylation is 1. The molecule has 114 valence electrons. The maximum Gasteiger partial charge on any atom is 0.225 e. The van der Waals surface area contributed by atoms with Crippen molar-refractivity contribution in [2.45, 2.75) is 32.2 Å². The quantitative estimate of drug-likeness (QED) is 0.911. The second-order valence-electron chi connectivity index (χ2n) is 5.51. The number of fused-ring (bicyclic) bond motifs is 1. The average Bonchev–Trinajstić information content (AvgIpc) is 2.99. The molecule has 0 spiro atoms. The van der Waals surface area contributed by atoms with Crippen LogP contribution in [0.25, 0.3) is 0 Å². The lowest BCUT2D eigenvalue weighted by Gasteiger charge is -2.20. The van der Waals surface area contributed by atoms with Gasteiger partial charge < -0.3 is 10.6 Å². The van der Waals surface area contributed by atoms with Crippen LogP contribution in [0.3, 0.4) is 0 Å². The first-order chi connectivity index (χ1) is 10.6. The van der Waals surface area contributed by atoms with Crippen molar-refractivity contribution in [1.82, 2.24) is 5.32 Å². The number of thiophene rings is 1. The molecule has 1 aliphatic heterocycles. The number of rotatable bonds is 4. The number of hydrogen-bond donors (Lipinski definition) is 2. The van der Waals surface area contributed by atoms with E-state index < -0.39 is 0 Å². The van der Waals surface area contributed by atoms with Crippen LogP contribution in [0.5, 0.6) is 0 Å². The van der Waals surface area contributed by atoms with E-state index >= 15 is 0 Å². The van der Waals surface area contributed by atoms with Gasteiger partial charge in [-0.05, 0) is 42.0 Å². The van der Waals surface area contributed by atoms with E-state index in [4.69, 9.17) is 0 Å². The van der Waals surface area contributed by atoms with Gasteiger partial charge in [-0.2, -0.15) is 0 Å². The second-order valence-corrected chi connectivity index (χ2v) is 6.54. The van der Waals surface area contributed by atoms with Gasteiger partial charge in [0.15, 0.2) is 0 Å². The molecule has 1 aliphatic rings. The Balaban J connectivity index is 1.66. The molecule has 1 unspecified atom stereocenters. The van der Waals surface area contributed by atoms with Gasteiger partial charge in [0.05, 0.1) is 12.5 Å². The highest BCUT2D eigenvalue weighted by atomic mass is 32.1. The molecule has 0 fully saturated rings. The summed E-state index contributed by atoms with van der Waals surface area (Å²) in [7, 11) is 0. The van der Waals surface area contributed by atoms with E-state index in [9.17, 15) is 9.59 Å². The highest BCUT2D eigenvalue weighted by Crippen LogP contribution is 2.26. The Bertz CT molecular complexity index is 695. The highest BCUT2D eigenvalue weighted by Gasteiger charge is 2.17. The standard InChI is InChI=1S/C17H18N2O2S/c1-11(18-17(21)10-14-3-2-8-22-14)12-4-6-15-13(9-12)5-7-16(20)19-15/h2-4,6,8-9,11H,5,7,10H2,1H3,(H,18,21)(H,19,20). The molecule has 2 heterocycles. The summed E-state index contributed by atoms with van der Waals surface area (Å²) in [5.74, 6) is 0.0959. The number of carbonyl (C=O) groups is 2. The third kappa shape index (κ3) is 3.36. The number of nitrogens with one attached hydrogen (secondary N) is 2. The Labute approximate surface area is 133 Å². The van der Waals surface area contributed by atoms with E-state index in [1.807, 2.05) is 36.6 Å². The summed E-state index contributed by atoms with van der Waals surface area (Å²) in [6.07, 6.45) is 1.70. The molecule has 0 saturated heterocycles. The van der Waals surface area contributed by atoms with Crippen molar-refractivity contribution in [3.63, 3.8) is 0 Å². The summed E-state index contributed by atoms with van der Waals surface area (Å²) in [6.45, 7) is 1.98. The molecule has 1 aromatic carbocycles. The van der Waals surface area contributed by atoms with Crippen molar-refractivity contribution in [1.29, 1.82) is 0 Å². The number of anilines is 1. The van der Waals surface area contributed by atoms with Gasteiger partial charge in [0.1, 0.15) is 0 Å². The van der Waals surface area contributed by atoms with Crippen LogP contribution in [-0.2, 0) is 22.4 Å². The number of carbonyl (C=O) groups excluding carboxylic acids is 2. The van der Waals surface area contributed by atoms with Crippen LogP contribution in [-0.4, -0.2) is 11.8 Å². The van der Waals surface area contributed by atoms with Gasteiger partial charge in [0, 0.05) is 17.0 Å². The Kier molecular flexibility index (Phi) is 4.24. The first-order valence-electron chi connectivity index (χ1n) is 7.36. The van der Waals surface area contributed by atoms with Crippen LogP contribution in [0.4, 0.5) is 5.69 Å². The molecule has 2 aromatic rings. The Morgan fingerprint density at radius 3 is 3.00 bits per heavy atom. The summed E-state index contributed by atoms with van der Waals surface area (Å²) in [4.78, 5) is 24.5. The summed E-state index contributed by atoms with van der Waals surface area (Å²) >= 11 is 1.59. The zero-order chi connectivity index (χ0) is 15.5. The van der Waals surface area contributed by atoms with Crippen LogP contribution in [0, 0.1) is 0 Å². The van der Waals surface area contributed by atoms with E-state index in [0.29, 0.717) is 12.8 Å². The van der Waals surface area contributed by atoms with Crippen molar-refractivity contribution in [2.75, 3.05) is 5.32 Å². The number of benzene rings is 1. The highest BCUT2D eigenvalue weighted by molar-refractivity contribution is 7.10. The molecule has 4 nitrogen and oxygen atoms in total. The minimum absolute atomic E-state index is 0.0287. The fourth-order valence-corrected chi connectivity index (χ4v) is 3.32. The fourth-order valence-electron chi connectivity index (χ4n) is 2.62. The van der Waals surface area contributed by atoms with E-state index in [1.54, 1.807) is 11.3 Å². The van der Waals surface area contributed by atoms with Crippen molar-refractivity contribution in [2.24, 2.45) is 0 Å². The van der Waals surface area contributed by atoms with E-state index in [0.717, 1.165) is 28.1 Å². The van der Waals surface area contributed by atoms with Crippen molar-refractivity contribution < 1.29 is 9.59 Å². The van der Waals surface area contributed by atoms with Gasteiger partial charge in [0.2, 0.25) is 11.8 Å². The third-order valence-electron chi connectivity index (χ3n) is 3.82. The number of hydrogen-bond acceptors (Lipinski definition) is 3. The predicted molar refractivity (Wildman–Crippen MR) is 88.0 cm³/mol. The fraction of sp³-hybridized carbons (Fsp3) is 0.294. The van der Waals surface area contributed by atoms with Gasteiger partial charge in [-0.15, -0.1) is 11.3 Å². The minimum Gasteiger partial charge on any atom is -0.349 e. The number of amides is 2. The summed E-state index contributed by atoms with van der Waals surface area (Å²) in [6, 6.07) is 9.83. The van der Waals surface area contributed by atoms with E-state index in [1.165, 1.54) is 0 Å². The summed E-state index contributed by atoms with van der Waals surface area (Å²) < 4.78 is 0. The lowest BCUT2D eigenvalue weighted by molar-refractivity contribution is -0.121. The molecule has 0 radical (unpaired) electrons. The Morgan fingerprint density at radius 2 is 2.23 bits per heavy atom. The SMILES string of the molecule is CC(NC(=O)Cc1cccs1)c1ccc2c(c1)CCC(=O)N2. The second kappa shape index (κ2) is 6.32. The van der Waals surface area contributed by atoms with Crippen LogP contribution < -0.4 is 10.6 Å². The zero-order valence-electron chi connectivity index (χ0n) is 12.4. The van der Waals surface area contributed by atoms with Crippen molar-refractivity contribution in [3.05, 3.63) is 51.7 Å². The average molecular weight is 314 g/mol. The van der Waals surface area contributed by atoms with Crippen LogP contribution in [0.1, 0.15) is 35.4 Å². The van der Waals surface area contributed by atoms with E-state index in [2.05, 4.69) is 16.7 Å². The normalized spacial score (nSPS) is 14.9. The molecule has 2 amide bonds. The lowest BCUT2D eigenvalue weighted by atomic mass is 9.98. The molecule has 1 atom stereocenters. The van der Waals surface area contributed by atoms with Crippen molar-refractivity contribution >= 4 is 28.8 Å². The monoisotopic (exact) mass is 314 g/mol. The molecule has 0 bridgehead atoms.